The molecule has 1 aromatic rings. The van der Waals surface area contributed by atoms with Crippen molar-refractivity contribution >= 4 is 11.4 Å². The van der Waals surface area contributed by atoms with E-state index in [0.717, 1.165) is 24.1 Å². The molecule has 1 aromatic heterocycles. The van der Waals surface area contributed by atoms with E-state index in [0.29, 0.717) is 0 Å². The number of pyridine rings is 1. The Bertz CT molecular complexity index is 391. The number of nitrogen functional groups attached to an aromatic ring is 1. The molecule has 92 valence electrons. The summed E-state index contributed by atoms with van der Waals surface area (Å²) in [4.78, 5) is 6.53. The van der Waals surface area contributed by atoms with Crippen LogP contribution in [0, 0.1) is 11.8 Å². The summed E-state index contributed by atoms with van der Waals surface area (Å²) in [5, 5.41) is 0. The topological polar surface area (TPSA) is 42.1 Å². The highest BCUT2D eigenvalue weighted by Crippen LogP contribution is 2.38. The molecule has 2 atom stereocenters. The largest absolute Gasteiger partial charge is 0.396 e. The number of rotatable bonds is 1. The van der Waals surface area contributed by atoms with Gasteiger partial charge in [0.25, 0.3) is 0 Å². The molecular weight excluding hydrogens is 210 g/mol. The van der Waals surface area contributed by atoms with Crippen molar-refractivity contribution < 1.29 is 0 Å². The Balaban J connectivity index is 1.76. The molecule has 0 aromatic carbocycles. The van der Waals surface area contributed by atoms with Gasteiger partial charge in [-0.05, 0) is 30.7 Å². The van der Waals surface area contributed by atoms with E-state index >= 15 is 0 Å². The minimum atomic E-state index is 0.821. The van der Waals surface area contributed by atoms with Crippen LogP contribution in [0.15, 0.2) is 18.5 Å². The number of nitrogens with two attached hydrogens (primary N) is 1. The Morgan fingerprint density at radius 1 is 1.18 bits per heavy atom. The average Bonchev–Trinajstić information content (AvgIpc) is 2.39. The maximum atomic E-state index is 6.02. The summed E-state index contributed by atoms with van der Waals surface area (Å²) in [5.41, 5.74) is 8.02. The van der Waals surface area contributed by atoms with Crippen LogP contribution in [0.5, 0.6) is 0 Å². The van der Waals surface area contributed by atoms with Crippen LogP contribution in [0.25, 0.3) is 0 Å². The number of anilines is 2. The van der Waals surface area contributed by atoms with Crippen molar-refractivity contribution in [2.45, 2.75) is 32.1 Å². The maximum Gasteiger partial charge on any atom is 0.0738 e. The fraction of sp³-hybridized carbons (Fsp3) is 0.643. The summed E-state index contributed by atoms with van der Waals surface area (Å²) in [5.74, 6) is 1.87. The zero-order valence-electron chi connectivity index (χ0n) is 10.3. The van der Waals surface area contributed by atoms with Crippen molar-refractivity contribution in [2.75, 3.05) is 23.7 Å². The van der Waals surface area contributed by atoms with E-state index < -0.39 is 0 Å². The van der Waals surface area contributed by atoms with Crippen LogP contribution in [0.1, 0.15) is 32.1 Å². The van der Waals surface area contributed by atoms with Gasteiger partial charge < -0.3 is 10.6 Å². The molecule has 2 fully saturated rings. The molecule has 3 rings (SSSR count). The van der Waals surface area contributed by atoms with Gasteiger partial charge in [0.05, 0.1) is 17.6 Å². The van der Waals surface area contributed by atoms with E-state index in [2.05, 4.69) is 16.0 Å². The molecule has 1 saturated heterocycles. The number of hydrogen-bond acceptors (Lipinski definition) is 3. The first-order valence-corrected chi connectivity index (χ1v) is 6.79. The van der Waals surface area contributed by atoms with Gasteiger partial charge >= 0.3 is 0 Å². The first kappa shape index (κ1) is 10.9. The van der Waals surface area contributed by atoms with Crippen molar-refractivity contribution in [1.29, 1.82) is 0 Å². The van der Waals surface area contributed by atoms with Crippen LogP contribution >= 0.6 is 0 Å². The second-order valence-electron chi connectivity index (χ2n) is 5.47. The lowest BCUT2D eigenvalue weighted by molar-refractivity contribution is 0.202. The Hall–Kier alpha value is -1.25. The van der Waals surface area contributed by atoms with Crippen LogP contribution in [0.2, 0.25) is 0 Å². The summed E-state index contributed by atoms with van der Waals surface area (Å²) in [6.07, 6.45) is 10.7. The van der Waals surface area contributed by atoms with E-state index in [9.17, 15) is 0 Å². The van der Waals surface area contributed by atoms with Crippen LogP contribution < -0.4 is 10.6 Å². The Morgan fingerprint density at radius 3 is 2.82 bits per heavy atom. The Morgan fingerprint density at radius 2 is 2.00 bits per heavy atom. The lowest BCUT2D eigenvalue weighted by Gasteiger charge is -2.42. The monoisotopic (exact) mass is 231 g/mol. The average molecular weight is 231 g/mol. The lowest BCUT2D eigenvalue weighted by Crippen LogP contribution is -2.42. The molecule has 2 N–H and O–H groups in total. The van der Waals surface area contributed by atoms with Crippen LogP contribution in [-0.2, 0) is 0 Å². The van der Waals surface area contributed by atoms with Crippen molar-refractivity contribution in [3.8, 4) is 0 Å². The lowest BCUT2D eigenvalue weighted by atomic mass is 9.75. The zero-order chi connectivity index (χ0) is 11.7. The standard InChI is InChI=1S/C14H21N3/c15-13-9-16-7-5-14(13)17-8-6-11-3-1-2-4-12(11)10-17/h5,7,9,11-12H,1-4,6,8,10,15H2. The fourth-order valence-corrected chi connectivity index (χ4v) is 3.51. The molecule has 1 aliphatic carbocycles. The van der Waals surface area contributed by atoms with Crippen molar-refractivity contribution in [3.05, 3.63) is 18.5 Å². The van der Waals surface area contributed by atoms with Gasteiger partial charge in [0.15, 0.2) is 0 Å². The van der Waals surface area contributed by atoms with Gasteiger partial charge in [0.1, 0.15) is 0 Å². The second kappa shape index (κ2) is 4.55. The Labute approximate surface area is 103 Å². The van der Waals surface area contributed by atoms with E-state index in [4.69, 9.17) is 5.73 Å². The van der Waals surface area contributed by atoms with Crippen molar-refractivity contribution in [2.24, 2.45) is 11.8 Å². The first-order chi connectivity index (χ1) is 8.34. The third-order valence-electron chi connectivity index (χ3n) is 4.46. The number of fused-ring (bicyclic) bond motifs is 1. The van der Waals surface area contributed by atoms with Gasteiger partial charge in [-0.2, -0.15) is 0 Å². The highest BCUT2D eigenvalue weighted by Gasteiger charge is 2.31. The van der Waals surface area contributed by atoms with E-state index in [1.54, 1.807) is 6.20 Å². The van der Waals surface area contributed by atoms with Gasteiger partial charge in [-0.15, -0.1) is 0 Å². The van der Waals surface area contributed by atoms with Crippen LogP contribution in [0.3, 0.4) is 0 Å². The van der Waals surface area contributed by atoms with Crippen molar-refractivity contribution in [1.82, 2.24) is 4.98 Å². The quantitative estimate of drug-likeness (QED) is 0.808. The summed E-state index contributed by atoms with van der Waals surface area (Å²) in [6.45, 7) is 2.36. The predicted octanol–water partition coefficient (Wildman–Crippen LogP) is 2.68. The molecule has 0 radical (unpaired) electrons. The number of aromatic nitrogens is 1. The molecule has 1 saturated carbocycles. The first-order valence-electron chi connectivity index (χ1n) is 6.79. The highest BCUT2D eigenvalue weighted by molar-refractivity contribution is 5.66. The minimum Gasteiger partial charge on any atom is -0.396 e. The summed E-state index contributed by atoms with van der Waals surface area (Å²) >= 11 is 0. The minimum absolute atomic E-state index is 0.821. The molecule has 17 heavy (non-hydrogen) atoms. The van der Waals surface area contributed by atoms with Gasteiger partial charge in [0, 0.05) is 19.3 Å². The molecule has 3 nitrogen and oxygen atoms in total. The number of piperidine rings is 1. The fourth-order valence-electron chi connectivity index (χ4n) is 3.51. The third-order valence-corrected chi connectivity index (χ3v) is 4.46. The molecular formula is C14H21N3. The van der Waals surface area contributed by atoms with Gasteiger partial charge in [-0.3, -0.25) is 4.98 Å². The zero-order valence-corrected chi connectivity index (χ0v) is 10.3. The summed E-state index contributed by atoms with van der Waals surface area (Å²) < 4.78 is 0. The van der Waals surface area contributed by atoms with E-state index in [-0.39, 0.29) is 0 Å². The molecule has 1 aliphatic heterocycles. The summed E-state index contributed by atoms with van der Waals surface area (Å²) in [6, 6.07) is 2.05. The normalized spacial score (nSPS) is 28.8. The van der Waals surface area contributed by atoms with Gasteiger partial charge in [-0.1, -0.05) is 19.3 Å². The maximum absolute atomic E-state index is 6.02. The third kappa shape index (κ3) is 2.11. The van der Waals surface area contributed by atoms with Crippen LogP contribution in [0.4, 0.5) is 11.4 Å². The number of nitrogens with zero attached hydrogens (tertiary/aromatic N) is 2. The molecule has 0 spiro atoms. The highest BCUT2D eigenvalue weighted by atomic mass is 15.1. The molecule has 2 heterocycles. The predicted molar refractivity (Wildman–Crippen MR) is 70.9 cm³/mol. The smallest absolute Gasteiger partial charge is 0.0738 e. The van der Waals surface area contributed by atoms with Crippen LogP contribution in [-0.4, -0.2) is 18.1 Å². The van der Waals surface area contributed by atoms with Gasteiger partial charge in [0.2, 0.25) is 0 Å². The number of hydrogen-bond donors (Lipinski definition) is 1. The molecule has 2 unspecified atom stereocenters. The van der Waals surface area contributed by atoms with E-state index in [1.165, 1.54) is 44.3 Å². The van der Waals surface area contributed by atoms with Crippen molar-refractivity contribution in [3.63, 3.8) is 0 Å². The SMILES string of the molecule is Nc1cnccc1N1CCC2CCCCC2C1. The van der Waals surface area contributed by atoms with E-state index in [1.807, 2.05) is 6.20 Å². The summed E-state index contributed by atoms with van der Waals surface area (Å²) in [7, 11) is 0. The Kier molecular flexibility index (Phi) is 2.91. The second-order valence-corrected chi connectivity index (χ2v) is 5.47. The van der Waals surface area contributed by atoms with Gasteiger partial charge in [-0.25, -0.2) is 0 Å². The molecule has 0 bridgehead atoms. The molecule has 0 amide bonds. The molecule has 3 heteroatoms. The molecule has 2 aliphatic rings.